The number of hydrogen-bond acceptors (Lipinski definition) is 16. The molecule has 8 aromatic rings. The van der Waals surface area contributed by atoms with E-state index in [1.165, 1.54) is 97.0 Å². The summed E-state index contributed by atoms with van der Waals surface area (Å²) < 4.78 is 114. The molecular weight excluding hydrogens is 1200 g/mol. The molecule has 84 heavy (non-hydrogen) atoms. The third-order valence-electron chi connectivity index (χ3n) is 14.1. The van der Waals surface area contributed by atoms with Gasteiger partial charge in [0.15, 0.2) is 11.4 Å². The lowest BCUT2D eigenvalue weighted by Gasteiger charge is -2.32. The van der Waals surface area contributed by atoms with Gasteiger partial charge in [0, 0.05) is 73.2 Å². The molecule has 1 aliphatic rings. The predicted molar refractivity (Wildman–Crippen MR) is 320 cm³/mol. The number of fused-ring (bicyclic) bond motifs is 2. The van der Waals surface area contributed by atoms with E-state index in [0.29, 0.717) is 54.5 Å². The zero-order valence-electron chi connectivity index (χ0n) is 48.3. The van der Waals surface area contributed by atoms with Crippen LogP contribution in [-0.4, -0.2) is 124 Å². The van der Waals surface area contributed by atoms with Crippen LogP contribution in [0.1, 0.15) is 80.5 Å². The number of aryl methyl sites for hydroxylation is 2. The van der Waals surface area contributed by atoms with E-state index < -0.39 is 73.8 Å². The van der Waals surface area contributed by atoms with Crippen LogP contribution in [0.15, 0.2) is 110 Å². The number of rotatable bonds is 12. The minimum absolute atomic E-state index is 0.0683. The molecule has 1 saturated heterocycles. The number of sulfonamides is 2. The summed E-state index contributed by atoms with van der Waals surface area (Å²) in [4.78, 5) is 57.7. The number of carbonyl (C=O) groups is 4. The predicted octanol–water partition coefficient (Wildman–Crippen LogP) is 9.38. The Morgan fingerprint density at radius 3 is 1.44 bits per heavy atom. The monoisotopic (exact) mass is 1260 g/mol. The quantitative estimate of drug-likeness (QED) is 0.0656. The molecule has 0 radical (unpaired) electrons. The van der Waals surface area contributed by atoms with Crippen LogP contribution < -0.4 is 24.7 Å². The first-order valence-corrected chi connectivity index (χ1v) is 29.9. The third-order valence-corrected chi connectivity index (χ3v) is 17.0. The number of amides is 2. The summed E-state index contributed by atoms with van der Waals surface area (Å²) in [5.74, 6) is -2.38. The molecule has 1 aliphatic heterocycles. The lowest BCUT2D eigenvalue weighted by molar-refractivity contribution is 0.00578. The van der Waals surface area contributed by atoms with Crippen molar-refractivity contribution >= 4 is 106 Å². The maximum absolute atomic E-state index is 13.6. The zero-order valence-corrected chi connectivity index (χ0v) is 51.5. The van der Waals surface area contributed by atoms with E-state index >= 15 is 0 Å². The highest BCUT2D eigenvalue weighted by molar-refractivity contribution is 9.10. The molecule has 0 atom stereocenters. The summed E-state index contributed by atoms with van der Waals surface area (Å²) in [6, 6.07) is 24.2. The Hall–Kier alpha value is -8.04. The van der Waals surface area contributed by atoms with Gasteiger partial charge in [-0.05, 0) is 141 Å². The number of esters is 2. The van der Waals surface area contributed by atoms with Crippen LogP contribution in [-0.2, 0) is 38.8 Å². The zero-order chi connectivity index (χ0) is 62.1. The smallest absolute Gasteiger partial charge is 0.464 e. The average molecular weight is 1260 g/mol. The summed E-state index contributed by atoms with van der Waals surface area (Å²) in [5, 5.41) is 6.02. The standard InChI is InChI=1S/C26H24FN3O6S.C24H28BFN2O6S.C8H8BrNO2/c1-14-6-11-19(29-23(14)26(32)35-4)17-12-18-21(13-20(17)30(3)37(5,33)34)36-24(22(18)25(31)28-2)15-7-9-16(27)10-8-15;1-23(2)24(3,4)34-25(33-23)17-12-16-19(13-18(17)28(6)35(7,30)31)32-21(20(16)22(29)27-5)14-8-10-15(26)11-9-14;1-5-3-4-6(9)10-7(5)8(11)12-2/h6-13H,1-5H3,(H,28,31);8-13H,1-7H3,(H,27,29);3-4H,1-2H3. The van der Waals surface area contributed by atoms with Gasteiger partial charge in [-0.1, -0.05) is 12.1 Å². The molecule has 4 aromatic carbocycles. The van der Waals surface area contributed by atoms with Crippen molar-refractivity contribution in [1.82, 2.24) is 20.6 Å². The van der Waals surface area contributed by atoms with E-state index in [9.17, 15) is 44.8 Å². The first kappa shape index (κ1) is 63.5. The van der Waals surface area contributed by atoms with Crippen LogP contribution in [0.4, 0.5) is 20.2 Å². The number of nitrogens with zero attached hydrogens (tertiary/aromatic N) is 4. The SMILES string of the molecule is CNC(=O)c1c(-c2ccc(F)cc2)oc2cc(N(C)S(C)(=O)=O)c(-c3ccc(C)c(C(=O)OC)n3)cc12.CNC(=O)c1c(-c2ccc(F)cc2)oc2cc(N(C)S(C)(=O)=O)c(B3OC(C)(C)C(C)(C)O3)cc12.COC(=O)c1nc(Br)ccc1C. The van der Waals surface area contributed by atoms with E-state index in [-0.39, 0.29) is 50.9 Å². The van der Waals surface area contributed by atoms with E-state index in [0.717, 1.165) is 26.7 Å². The normalized spacial score (nSPS) is 13.5. The molecule has 26 heteroatoms. The van der Waals surface area contributed by atoms with E-state index in [1.54, 1.807) is 43.3 Å². The number of nitrogens with one attached hydrogen (secondary N) is 2. The fraction of sp³-hybridized carbons (Fsp3) is 0.276. The molecular formula is C58H60BBrF2N6O14S2. The molecule has 0 unspecified atom stereocenters. The van der Waals surface area contributed by atoms with Crippen LogP contribution in [0.2, 0.25) is 0 Å². The number of anilines is 2. The van der Waals surface area contributed by atoms with Crippen molar-refractivity contribution < 1.29 is 72.4 Å². The van der Waals surface area contributed by atoms with Gasteiger partial charge in [0.25, 0.3) is 11.8 Å². The first-order chi connectivity index (χ1) is 39.3. The topological polar surface area (TPSA) is 256 Å². The maximum Gasteiger partial charge on any atom is 0.497 e. The Labute approximate surface area is 493 Å². The van der Waals surface area contributed by atoms with Gasteiger partial charge in [0.1, 0.15) is 38.9 Å². The van der Waals surface area contributed by atoms with Crippen molar-refractivity contribution in [3.8, 4) is 33.9 Å². The molecule has 9 rings (SSSR count). The molecule has 2 N–H and O–H groups in total. The van der Waals surface area contributed by atoms with Gasteiger partial charge in [0.2, 0.25) is 20.0 Å². The fourth-order valence-electron chi connectivity index (χ4n) is 8.64. The van der Waals surface area contributed by atoms with Crippen LogP contribution in [0.25, 0.3) is 55.8 Å². The molecule has 2 amide bonds. The highest BCUT2D eigenvalue weighted by Gasteiger charge is 2.53. The van der Waals surface area contributed by atoms with Gasteiger partial charge in [-0.2, -0.15) is 0 Å². The van der Waals surface area contributed by atoms with Gasteiger partial charge < -0.3 is 38.3 Å². The maximum atomic E-state index is 13.6. The number of benzene rings is 4. The van der Waals surface area contributed by atoms with E-state index in [2.05, 4.69) is 41.3 Å². The number of aromatic nitrogens is 2. The molecule has 4 aromatic heterocycles. The van der Waals surface area contributed by atoms with Gasteiger partial charge in [0.05, 0.1) is 66.1 Å². The Morgan fingerprint density at radius 1 is 0.607 bits per heavy atom. The summed E-state index contributed by atoms with van der Waals surface area (Å²) in [7, 11) is 0.0596. The van der Waals surface area contributed by atoms with Crippen LogP contribution in [0.3, 0.4) is 0 Å². The number of furan rings is 2. The summed E-state index contributed by atoms with van der Waals surface area (Å²) >= 11 is 3.17. The molecule has 0 spiro atoms. The van der Waals surface area contributed by atoms with Crippen molar-refractivity contribution in [2.24, 2.45) is 0 Å². The minimum atomic E-state index is -3.72. The molecule has 0 aliphatic carbocycles. The number of hydrogen-bond donors (Lipinski definition) is 2. The third kappa shape index (κ3) is 13.2. The average Bonchev–Trinajstić information content (AvgIpc) is 1.88. The number of methoxy groups -OCH3 is 2. The van der Waals surface area contributed by atoms with Crippen LogP contribution in [0.5, 0.6) is 0 Å². The van der Waals surface area contributed by atoms with Crippen molar-refractivity contribution in [2.75, 3.05) is 63.5 Å². The molecule has 20 nitrogen and oxygen atoms in total. The minimum Gasteiger partial charge on any atom is -0.464 e. The van der Waals surface area contributed by atoms with Crippen molar-refractivity contribution in [3.63, 3.8) is 0 Å². The number of carbonyl (C=O) groups excluding carboxylic acids is 4. The second kappa shape index (κ2) is 24.7. The summed E-state index contributed by atoms with van der Waals surface area (Å²) in [5.41, 5.74) is 3.90. The molecule has 1 fully saturated rings. The van der Waals surface area contributed by atoms with E-state index in [4.69, 9.17) is 22.9 Å². The molecule has 5 heterocycles. The Balaban J connectivity index is 0.000000202. The lowest BCUT2D eigenvalue weighted by atomic mass is 9.77. The number of ether oxygens (including phenoxy) is 2. The highest BCUT2D eigenvalue weighted by atomic mass is 79.9. The van der Waals surface area contributed by atoms with Crippen LogP contribution >= 0.6 is 15.9 Å². The van der Waals surface area contributed by atoms with Crippen LogP contribution in [0, 0.1) is 25.5 Å². The number of pyridine rings is 2. The molecule has 0 saturated carbocycles. The Kier molecular flexibility index (Phi) is 18.7. The first-order valence-electron chi connectivity index (χ1n) is 25.5. The van der Waals surface area contributed by atoms with Gasteiger partial charge >= 0.3 is 19.1 Å². The molecule has 0 bridgehead atoms. The molecule has 442 valence electrons. The largest absolute Gasteiger partial charge is 0.497 e. The second-order valence-corrected chi connectivity index (χ2v) is 25.1. The Morgan fingerprint density at radius 2 is 1.01 bits per heavy atom. The van der Waals surface area contributed by atoms with Gasteiger partial charge in [-0.3, -0.25) is 18.2 Å². The highest BCUT2D eigenvalue weighted by Crippen LogP contribution is 2.43. The van der Waals surface area contributed by atoms with Gasteiger partial charge in [-0.25, -0.2) is 45.2 Å². The van der Waals surface area contributed by atoms with Crippen molar-refractivity contribution in [2.45, 2.75) is 52.7 Å². The summed E-state index contributed by atoms with van der Waals surface area (Å²) in [6.45, 7) is 11.1. The number of halogens is 3. The second-order valence-electron chi connectivity index (χ2n) is 20.3. The lowest BCUT2D eigenvalue weighted by Crippen LogP contribution is -2.41. The Bertz CT molecular complexity index is 4110. The fourth-order valence-corrected chi connectivity index (χ4v) is 9.97. The summed E-state index contributed by atoms with van der Waals surface area (Å²) in [6.07, 6.45) is 2.14. The van der Waals surface area contributed by atoms with Gasteiger partial charge in [-0.15, -0.1) is 0 Å². The van der Waals surface area contributed by atoms with Crippen molar-refractivity contribution in [1.29, 1.82) is 0 Å². The van der Waals surface area contributed by atoms with Crippen molar-refractivity contribution in [3.05, 3.63) is 147 Å². The van der Waals surface area contributed by atoms with E-state index in [1.807, 2.05) is 40.7 Å².